The molecule has 0 saturated heterocycles. The highest BCUT2D eigenvalue weighted by Gasteiger charge is 2.15. The Kier molecular flexibility index (Phi) is 4.29. The van der Waals surface area contributed by atoms with Crippen LogP contribution in [0.5, 0.6) is 0 Å². The van der Waals surface area contributed by atoms with Gasteiger partial charge in [-0.3, -0.25) is 14.9 Å². The molecule has 0 fully saturated rings. The van der Waals surface area contributed by atoms with Crippen molar-refractivity contribution in [2.24, 2.45) is 0 Å². The van der Waals surface area contributed by atoms with Crippen LogP contribution in [0.25, 0.3) is 6.08 Å². The molecule has 0 spiro atoms. The normalized spacial score (nSPS) is 10.8. The lowest BCUT2D eigenvalue weighted by Gasteiger charge is -2.04. The van der Waals surface area contributed by atoms with Crippen LogP contribution in [0.4, 0.5) is 16.0 Å². The van der Waals surface area contributed by atoms with Crippen LogP contribution in [0.3, 0.4) is 0 Å². The first-order chi connectivity index (χ1) is 10.5. The standard InChI is InChI=1S/C14H8FN3O4/c15-11-3-1-2-4-12(11)17-14(19)9(8-16)7-10-5-6-13(22-10)18(20)21/h1-7H,(H,17,19). The summed E-state index contributed by atoms with van der Waals surface area (Å²) in [5.41, 5.74) is -0.466. The summed E-state index contributed by atoms with van der Waals surface area (Å²) in [5.74, 6) is -2.06. The van der Waals surface area contributed by atoms with E-state index in [2.05, 4.69) is 5.32 Å². The van der Waals surface area contributed by atoms with Crippen molar-refractivity contribution in [3.63, 3.8) is 0 Å². The van der Waals surface area contributed by atoms with Crippen LogP contribution in [0.15, 0.2) is 46.4 Å². The smallest absolute Gasteiger partial charge is 0.401 e. The Bertz CT molecular complexity index is 804. The first-order valence-electron chi connectivity index (χ1n) is 5.93. The van der Waals surface area contributed by atoms with Gasteiger partial charge in [0.15, 0.2) is 0 Å². The number of carbonyl (C=O) groups excluding carboxylic acids is 1. The fourth-order valence-corrected chi connectivity index (χ4v) is 1.56. The molecule has 22 heavy (non-hydrogen) atoms. The van der Waals surface area contributed by atoms with Gasteiger partial charge in [0.1, 0.15) is 28.1 Å². The lowest BCUT2D eigenvalue weighted by atomic mass is 10.2. The minimum Gasteiger partial charge on any atom is -0.401 e. The minimum atomic E-state index is -0.855. The van der Waals surface area contributed by atoms with Crippen molar-refractivity contribution in [3.05, 3.63) is 63.7 Å². The summed E-state index contributed by atoms with van der Waals surface area (Å²) >= 11 is 0. The maximum absolute atomic E-state index is 13.4. The summed E-state index contributed by atoms with van der Waals surface area (Å²) in [6.07, 6.45) is 1.03. The Morgan fingerprint density at radius 1 is 1.36 bits per heavy atom. The maximum Gasteiger partial charge on any atom is 0.433 e. The molecule has 0 bridgehead atoms. The minimum absolute atomic E-state index is 0.0352. The topological polar surface area (TPSA) is 109 Å². The zero-order valence-electron chi connectivity index (χ0n) is 10.9. The van der Waals surface area contributed by atoms with Gasteiger partial charge in [0.05, 0.1) is 11.8 Å². The van der Waals surface area contributed by atoms with Crippen molar-refractivity contribution >= 4 is 23.6 Å². The number of para-hydroxylation sites is 1. The number of nitriles is 1. The van der Waals surface area contributed by atoms with Gasteiger partial charge < -0.3 is 9.73 Å². The first kappa shape index (κ1) is 14.9. The van der Waals surface area contributed by atoms with Crippen molar-refractivity contribution in [1.29, 1.82) is 5.26 Å². The van der Waals surface area contributed by atoms with Gasteiger partial charge in [-0.1, -0.05) is 12.1 Å². The van der Waals surface area contributed by atoms with Crippen molar-refractivity contribution < 1.29 is 18.5 Å². The Hall–Kier alpha value is -3.47. The first-order valence-corrected chi connectivity index (χ1v) is 5.93. The Balaban J connectivity index is 2.22. The van der Waals surface area contributed by atoms with Gasteiger partial charge in [-0.25, -0.2) is 4.39 Å². The third-order valence-electron chi connectivity index (χ3n) is 2.57. The Morgan fingerprint density at radius 3 is 2.68 bits per heavy atom. The molecule has 7 nitrogen and oxygen atoms in total. The van der Waals surface area contributed by atoms with Crippen LogP contribution < -0.4 is 5.32 Å². The summed E-state index contributed by atoms with van der Waals surface area (Å²) in [4.78, 5) is 21.6. The summed E-state index contributed by atoms with van der Waals surface area (Å²) in [7, 11) is 0. The van der Waals surface area contributed by atoms with E-state index < -0.39 is 22.5 Å². The highest BCUT2D eigenvalue weighted by Crippen LogP contribution is 2.19. The van der Waals surface area contributed by atoms with Gasteiger partial charge >= 0.3 is 5.88 Å². The maximum atomic E-state index is 13.4. The SMILES string of the molecule is N#CC(=Cc1ccc([N+](=O)[O-])o1)C(=O)Nc1ccccc1F. The number of hydrogen-bond donors (Lipinski definition) is 1. The van der Waals surface area contributed by atoms with Gasteiger partial charge in [0.2, 0.25) is 0 Å². The van der Waals surface area contributed by atoms with Crippen molar-refractivity contribution in [3.8, 4) is 6.07 Å². The molecule has 2 rings (SSSR count). The molecule has 2 aromatic rings. The molecule has 0 saturated carbocycles. The van der Waals surface area contributed by atoms with E-state index in [-0.39, 0.29) is 17.0 Å². The highest BCUT2D eigenvalue weighted by molar-refractivity contribution is 6.09. The predicted octanol–water partition coefficient (Wildman–Crippen LogP) is 2.87. The van der Waals surface area contributed by atoms with E-state index in [0.717, 1.165) is 18.2 Å². The van der Waals surface area contributed by atoms with Crippen LogP contribution in [-0.2, 0) is 4.79 Å². The monoisotopic (exact) mass is 301 g/mol. The molecule has 0 aliphatic heterocycles. The van der Waals surface area contributed by atoms with Gasteiger partial charge in [-0.15, -0.1) is 0 Å². The number of carbonyl (C=O) groups is 1. The molecule has 0 unspecified atom stereocenters. The molecular formula is C14H8FN3O4. The number of benzene rings is 1. The predicted molar refractivity (Wildman–Crippen MR) is 74.0 cm³/mol. The van der Waals surface area contributed by atoms with E-state index in [0.29, 0.717) is 0 Å². The molecule has 110 valence electrons. The summed E-state index contributed by atoms with van der Waals surface area (Å²) in [6.45, 7) is 0. The molecule has 0 atom stereocenters. The molecule has 1 N–H and O–H groups in total. The van der Waals surface area contributed by atoms with Gasteiger partial charge in [-0.05, 0) is 18.2 Å². The fourth-order valence-electron chi connectivity index (χ4n) is 1.56. The second-order valence-corrected chi connectivity index (χ2v) is 4.04. The third-order valence-corrected chi connectivity index (χ3v) is 2.57. The molecule has 1 amide bonds. The van der Waals surface area contributed by atoms with Gasteiger partial charge in [0, 0.05) is 6.08 Å². The number of rotatable bonds is 4. The molecule has 0 radical (unpaired) electrons. The van der Waals surface area contributed by atoms with Crippen LogP contribution in [-0.4, -0.2) is 10.8 Å². The molecule has 0 aliphatic carbocycles. The zero-order chi connectivity index (χ0) is 16.1. The van der Waals surface area contributed by atoms with E-state index in [1.54, 1.807) is 6.07 Å². The van der Waals surface area contributed by atoms with Crippen molar-refractivity contribution in [2.75, 3.05) is 5.32 Å². The summed E-state index contributed by atoms with van der Waals surface area (Å²) in [6, 6.07) is 9.42. The van der Waals surface area contributed by atoms with E-state index in [1.165, 1.54) is 24.3 Å². The molecule has 1 aromatic heterocycles. The van der Waals surface area contributed by atoms with E-state index in [9.17, 15) is 19.3 Å². The second-order valence-electron chi connectivity index (χ2n) is 4.04. The van der Waals surface area contributed by atoms with Crippen molar-refractivity contribution in [2.45, 2.75) is 0 Å². The van der Waals surface area contributed by atoms with Crippen LogP contribution in [0.1, 0.15) is 5.76 Å². The second kappa shape index (κ2) is 6.32. The van der Waals surface area contributed by atoms with E-state index in [4.69, 9.17) is 9.68 Å². The third kappa shape index (κ3) is 3.34. The number of amides is 1. The number of anilines is 1. The Morgan fingerprint density at radius 2 is 2.09 bits per heavy atom. The van der Waals surface area contributed by atoms with Crippen LogP contribution in [0.2, 0.25) is 0 Å². The Labute approximate surface area is 123 Å². The number of nitro groups is 1. The molecular weight excluding hydrogens is 293 g/mol. The number of hydrogen-bond acceptors (Lipinski definition) is 5. The highest BCUT2D eigenvalue weighted by atomic mass is 19.1. The number of furan rings is 1. The number of halogens is 1. The van der Waals surface area contributed by atoms with E-state index in [1.807, 2.05) is 0 Å². The van der Waals surface area contributed by atoms with E-state index >= 15 is 0 Å². The quantitative estimate of drug-likeness (QED) is 0.404. The fraction of sp³-hybridized carbons (Fsp3) is 0. The van der Waals surface area contributed by atoms with Crippen molar-refractivity contribution in [1.82, 2.24) is 0 Å². The number of nitrogens with one attached hydrogen (secondary N) is 1. The molecule has 1 heterocycles. The summed E-state index contributed by atoms with van der Waals surface area (Å²) in [5, 5.41) is 21.7. The van der Waals surface area contributed by atoms with Gasteiger partial charge in [-0.2, -0.15) is 5.26 Å². The average Bonchev–Trinajstić information content (AvgIpc) is 2.96. The molecule has 0 aliphatic rings. The van der Waals surface area contributed by atoms with Gasteiger partial charge in [0.25, 0.3) is 5.91 Å². The zero-order valence-corrected chi connectivity index (χ0v) is 10.9. The van der Waals surface area contributed by atoms with Crippen LogP contribution in [0, 0.1) is 27.3 Å². The largest absolute Gasteiger partial charge is 0.433 e. The average molecular weight is 301 g/mol. The molecule has 1 aromatic carbocycles. The summed E-state index contributed by atoms with van der Waals surface area (Å²) < 4.78 is 18.2. The number of nitrogens with zero attached hydrogens (tertiary/aromatic N) is 2. The lowest BCUT2D eigenvalue weighted by Crippen LogP contribution is -2.14. The van der Waals surface area contributed by atoms with Crippen LogP contribution >= 0.6 is 0 Å². The molecule has 8 heteroatoms. The lowest BCUT2D eigenvalue weighted by molar-refractivity contribution is -0.402.